The highest BCUT2D eigenvalue weighted by Crippen LogP contribution is 2.49. The van der Waals surface area contributed by atoms with Crippen molar-refractivity contribution in [2.45, 2.75) is 44.9 Å². The van der Waals surface area contributed by atoms with Crippen LogP contribution in [0, 0.1) is 13.8 Å². The largest absolute Gasteiger partial charge is 0.260 e. The van der Waals surface area contributed by atoms with Crippen LogP contribution in [-0.4, -0.2) is 15.0 Å². The average Bonchev–Trinajstić information content (AvgIpc) is 3.62. The van der Waals surface area contributed by atoms with Gasteiger partial charge in [0, 0.05) is 22.1 Å². The summed E-state index contributed by atoms with van der Waals surface area (Å²) in [6, 6.07) is 52.2. The summed E-state index contributed by atoms with van der Waals surface area (Å²) in [4.78, 5) is 15.4. The molecule has 2 atom stereocenters. The zero-order valence-corrected chi connectivity index (χ0v) is 30.1. The number of benzene rings is 5. The number of hydrogen-bond acceptors (Lipinski definition) is 3. The molecule has 3 nitrogen and oxygen atoms in total. The van der Waals surface area contributed by atoms with E-state index >= 15 is 0 Å². The Balaban J connectivity index is 1.38. The van der Waals surface area contributed by atoms with Gasteiger partial charge in [0.05, 0.1) is 33.6 Å². The number of aryl methyl sites for hydroxylation is 1. The Morgan fingerprint density at radius 1 is 0.547 bits per heavy atom. The van der Waals surface area contributed by atoms with Gasteiger partial charge in [-0.3, -0.25) is 15.0 Å². The van der Waals surface area contributed by atoms with Crippen LogP contribution in [0.5, 0.6) is 0 Å². The van der Waals surface area contributed by atoms with Gasteiger partial charge in [0.2, 0.25) is 0 Å². The Hall–Kier alpha value is -6.19. The van der Waals surface area contributed by atoms with Crippen molar-refractivity contribution in [3.8, 4) is 22.4 Å². The number of rotatable bonds is 7. The molecule has 0 saturated heterocycles. The van der Waals surface area contributed by atoms with E-state index in [0.717, 1.165) is 51.3 Å². The topological polar surface area (TPSA) is 38.7 Å². The van der Waals surface area contributed by atoms with Crippen molar-refractivity contribution in [1.82, 2.24) is 15.0 Å². The van der Waals surface area contributed by atoms with Gasteiger partial charge >= 0.3 is 0 Å². The van der Waals surface area contributed by atoms with E-state index in [2.05, 4.69) is 92.7 Å². The van der Waals surface area contributed by atoms with Gasteiger partial charge in [0.1, 0.15) is 0 Å². The molecule has 0 fully saturated rings. The average molecular weight is 687 g/mol. The van der Waals surface area contributed by atoms with Crippen LogP contribution in [0.3, 0.4) is 0 Å². The third kappa shape index (κ3) is 5.22. The molecule has 1 unspecified atom stereocenters. The molecule has 5 aromatic carbocycles. The third-order valence-corrected chi connectivity index (χ3v) is 11.5. The van der Waals surface area contributed by atoms with Crippen molar-refractivity contribution in [2.75, 3.05) is 0 Å². The molecule has 0 bridgehead atoms. The van der Waals surface area contributed by atoms with Crippen LogP contribution in [0.2, 0.25) is 0 Å². The highest BCUT2D eigenvalue weighted by atomic mass is 14.8. The molecule has 1 aliphatic rings. The molecule has 0 radical (unpaired) electrons. The van der Waals surface area contributed by atoms with Crippen molar-refractivity contribution in [2.24, 2.45) is 0 Å². The Bertz CT molecular complexity index is 2650. The van der Waals surface area contributed by atoms with Crippen molar-refractivity contribution < 1.29 is 4.11 Å². The fourth-order valence-electron chi connectivity index (χ4n) is 8.48. The Morgan fingerprint density at radius 2 is 1.15 bits per heavy atom. The Labute approximate surface area is 316 Å². The van der Waals surface area contributed by atoms with Gasteiger partial charge in [-0.2, -0.15) is 0 Å². The number of nitrogens with zero attached hydrogens (tertiary/aromatic N) is 3. The number of aromatic nitrogens is 3. The molecule has 1 aliphatic carbocycles. The maximum Gasteiger partial charge on any atom is 0.0770 e. The summed E-state index contributed by atoms with van der Waals surface area (Å²) in [5.41, 5.74) is 11.1. The highest BCUT2D eigenvalue weighted by Gasteiger charge is 2.38. The van der Waals surface area contributed by atoms with Crippen molar-refractivity contribution >= 4 is 10.8 Å². The summed E-state index contributed by atoms with van der Waals surface area (Å²) in [5, 5.41) is 2.44. The van der Waals surface area contributed by atoms with Crippen LogP contribution >= 0.6 is 0 Å². The predicted molar refractivity (Wildman–Crippen MR) is 217 cm³/mol. The van der Waals surface area contributed by atoms with Gasteiger partial charge in [0.15, 0.2) is 0 Å². The monoisotopic (exact) mass is 686 g/mol. The molecule has 256 valence electrons. The normalized spacial score (nSPS) is 15.3. The van der Waals surface area contributed by atoms with Gasteiger partial charge in [0.25, 0.3) is 0 Å². The van der Waals surface area contributed by atoms with E-state index in [1.54, 1.807) is 6.20 Å². The second-order valence-corrected chi connectivity index (χ2v) is 14.5. The van der Waals surface area contributed by atoms with Crippen molar-refractivity contribution in [3.05, 3.63) is 220 Å². The van der Waals surface area contributed by atoms with Crippen LogP contribution in [0.15, 0.2) is 164 Å². The molecule has 0 N–H and O–H groups in total. The molecule has 8 aromatic rings. The first-order valence-electron chi connectivity index (χ1n) is 19.7. The summed E-state index contributed by atoms with van der Waals surface area (Å²) >= 11 is 0. The van der Waals surface area contributed by atoms with Crippen LogP contribution in [0.4, 0.5) is 0 Å². The van der Waals surface area contributed by atoms with Gasteiger partial charge in [-0.15, -0.1) is 0 Å². The lowest BCUT2D eigenvalue weighted by molar-refractivity contribution is 0.635. The maximum absolute atomic E-state index is 8.89. The summed E-state index contributed by atoms with van der Waals surface area (Å²) in [5.74, 6) is 0. The molecular formula is C50H41N3. The predicted octanol–water partition coefficient (Wildman–Crippen LogP) is 11.6. The minimum atomic E-state index is -2.43. The van der Waals surface area contributed by atoms with E-state index in [4.69, 9.17) is 19.1 Å². The lowest BCUT2D eigenvalue weighted by Gasteiger charge is -2.33. The number of fused-ring (bicyclic) bond motifs is 5. The SMILES string of the molecule is [2H]C([2H])([2H])c1c(C)cc(-c2cc(C(C)(c3ccccc3)c3ccccn3)cc3c2Cc2c-3ccc3ccccc23)nc1[C@](C)(c1ccccc1)c1ccccn1. The number of hydrogen-bond donors (Lipinski definition) is 0. The fraction of sp³-hybridized carbons (Fsp3) is 0.140. The molecule has 0 spiro atoms. The maximum atomic E-state index is 8.89. The van der Waals surface area contributed by atoms with Crippen LogP contribution < -0.4 is 0 Å². The molecule has 53 heavy (non-hydrogen) atoms. The van der Waals surface area contributed by atoms with Crippen molar-refractivity contribution in [3.63, 3.8) is 0 Å². The standard InChI is InChI=1S/C50H41N3/c1-33-29-45(53-48(34(33)2)50(4,37-20-9-6-10-21-37)47-24-14-16-28-52-47)44-31-38(49(3,36-18-7-5-8-19-36)46-23-13-15-27-51-46)30-41-40-26-25-35-17-11-12-22-39(35)42(40)32-43(41)44/h5-31H,32H2,1-4H3/t49?,50-/m1/s1/i2D3. The molecular weight excluding hydrogens is 643 g/mol. The molecule has 0 amide bonds. The smallest absolute Gasteiger partial charge is 0.0770 e. The van der Waals surface area contributed by atoms with Gasteiger partial charge in [-0.1, -0.05) is 109 Å². The first-order chi connectivity index (χ1) is 27.1. The fourth-order valence-corrected chi connectivity index (χ4v) is 8.48. The summed E-state index contributed by atoms with van der Waals surface area (Å²) in [7, 11) is 0. The van der Waals surface area contributed by atoms with Gasteiger partial charge in [-0.25, -0.2) is 0 Å². The van der Waals surface area contributed by atoms with E-state index in [1.165, 1.54) is 27.5 Å². The molecule has 9 rings (SSSR count). The Morgan fingerprint density at radius 3 is 1.81 bits per heavy atom. The quantitative estimate of drug-likeness (QED) is 0.167. The zero-order valence-electron chi connectivity index (χ0n) is 33.1. The first-order valence-corrected chi connectivity index (χ1v) is 18.2. The zero-order chi connectivity index (χ0) is 38.7. The van der Waals surface area contributed by atoms with E-state index in [1.807, 2.05) is 85.9 Å². The molecule has 0 saturated carbocycles. The lowest BCUT2D eigenvalue weighted by atomic mass is 9.71. The van der Waals surface area contributed by atoms with Crippen LogP contribution in [0.1, 0.15) is 74.0 Å². The van der Waals surface area contributed by atoms with E-state index in [9.17, 15) is 0 Å². The van der Waals surface area contributed by atoms with Crippen LogP contribution in [-0.2, 0) is 17.3 Å². The van der Waals surface area contributed by atoms with E-state index in [0.29, 0.717) is 11.3 Å². The molecule has 0 aliphatic heterocycles. The first kappa shape index (κ1) is 29.4. The number of pyridine rings is 3. The van der Waals surface area contributed by atoms with Crippen molar-refractivity contribution in [1.29, 1.82) is 0 Å². The van der Waals surface area contributed by atoms with Gasteiger partial charge in [-0.05, 0) is 137 Å². The summed E-state index contributed by atoms with van der Waals surface area (Å²) in [6.45, 7) is 3.79. The summed E-state index contributed by atoms with van der Waals surface area (Å²) < 4.78 is 26.7. The highest BCUT2D eigenvalue weighted by molar-refractivity contribution is 5.97. The summed E-state index contributed by atoms with van der Waals surface area (Å²) in [6.07, 6.45) is 4.35. The van der Waals surface area contributed by atoms with E-state index in [-0.39, 0.29) is 5.56 Å². The second kappa shape index (κ2) is 12.8. The Kier molecular flexibility index (Phi) is 7.09. The molecule has 3 heteroatoms. The lowest BCUT2D eigenvalue weighted by Crippen LogP contribution is -2.29. The minimum Gasteiger partial charge on any atom is -0.260 e. The minimum absolute atomic E-state index is 0.253. The molecule has 3 heterocycles. The second-order valence-electron chi connectivity index (χ2n) is 14.5. The third-order valence-electron chi connectivity index (χ3n) is 11.5. The molecule has 3 aromatic heterocycles. The van der Waals surface area contributed by atoms with Crippen LogP contribution in [0.25, 0.3) is 33.2 Å². The van der Waals surface area contributed by atoms with E-state index < -0.39 is 17.7 Å². The van der Waals surface area contributed by atoms with Gasteiger partial charge < -0.3 is 0 Å².